The van der Waals surface area contributed by atoms with E-state index in [1.807, 2.05) is 0 Å². The van der Waals surface area contributed by atoms with Gasteiger partial charge in [-0.15, -0.1) is 0 Å². The highest BCUT2D eigenvalue weighted by Gasteiger charge is 2.19. The van der Waals surface area contributed by atoms with Gasteiger partial charge in [0.1, 0.15) is 11.5 Å². The lowest BCUT2D eigenvalue weighted by Crippen LogP contribution is -2.11. The minimum Gasteiger partial charge on any atom is -0.423 e. The van der Waals surface area contributed by atoms with Crippen LogP contribution in [0.2, 0.25) is 0 Å². The maximum absolute atomic E-state index is 12.4. The fourth-order valence-corrected chi connectivity index (χ4v) is 3.26. The van der Waals surface area contributed by atoms with Gasteiger partial charge in [-0.1, -0.05) is 12.1 Å². The number of carbonyl (C=O) groups excluding carboxylic acids is 2. The van der Waals surface area contributed by atoms with Crippen molar-refractivity contribution in [2.75, 3.05) is 0 Å². The van der Waals surface area contributed by atoms with Gasteiger partial charge in [-0.05, 0) is 60.1 Å². The quantitative estimate of drug-likeness (QED) is 0.186. The van der Waals surface area contributed by atoms with Crippen molar-refractivity contribution >= 4 is 39.2 Å². The first-order valence-electron chi connectivity index (χ1n) is 9.31. The molecule has 0 radical (unpaired) electrons. The Bertz CT molecular complexity index is 1310. The lowest BCUT2D eigenvalue weighted by atomic mass is 10.1. The summed E-state index contributed by atoms with van der Waals surface area (Å²) < 4.78 is 10.8. The molecule has 0 aliphatic rings. The zero-order valence-corrected chi connectivity index (χ0v) is 18.8. The summed E-state index contributed by atoms with van der Waals surface area (Å²) in [5.41, 5.74) is 0.397. The van der Waals surface area contributed by atoms with E-state index in [-0.39, 0.29) is 38.5 Å². The van der Waals surface area contributed by atoms with Crippen molar-refractivity contribution in [2.24, 2.45) is 0 Å². The van der Waals surface area contributed by atoms with Crippen LogP contribution in [0.25, 0.3) is 0 Å². The van der Waals surface area contributed by atoms with Gasteiger partial charge in [-0.3, -0.25) is 20.2 Å². The number of ether oxygens (including phenoxy) is 2. The molecule has 33 heavy (non-hydrogen) atoms. The summed E-state index contributed by atoms with van der Waals surface area (Å²) in [6.07, 6.45) is 0. The third-order valence-corrected chi connectivity index (χ3v) is 5.22. The second-order valence-electron chi connectivity index (χ2n) is 6.89. The number of hydrogen-bond donors (Lipinski definition) is 0. The predicted octanol–water partition coefficient (Wildman–Crippen LogP) is 5.32. The molecule has 168 valence electrons. The first-order valence-corrected chi connectivity index (χ1v) is 10.1. The summed E-state index contributed by atoms with van der Waals surface area (Å²) in [6.45, 7) is 3.11. The van der Waals surface area contributed by atoms with Gasteiger partial charge in [0.15, 0.2) is 0 Å². The fourth-order valence-electron chi connectivity index (χ4n) is 2.82. The van der Waals surface area contributed by atoms with E-state index in [9.17, 15) is 29.8 Å². The maximum Gasteiger partial charge on any atom is 0.343 e. The molecule has 0 fully saturated rings. The minimum absolute atomic E-state index is 0.0000999. The van der Waals surface area contributed by atoms with Crippen LogP contribution in [0.15, 0.2) is 59.1 Å². The topological polar surface area (TPSA) is 139 Å². The van der Waals surface area contributed by atoms with Crippen molar-refractivity contribution in [1.29, 1.82) is 0 Å². The molecule has 3 aromatic rings. The lowest BCUT2D eigenvalue weighted by Gasteiger charge is -2.09. The number of aryl methyl sites for hydroxylation is 2. The van der Waals surface area contributed by atoms with Crippen LogP contribution in [0.4, 0.5) is 11.4 Å². The summed E-state index contributed by atoms with van der Waals surface area (Å²) in [4.78, 5) is 45.7. The summed E-state index contributed by atoms with van der Waals surface area (Å²) in [5.74, 6) is -1.42. The van der Waals surface area contributed by atoms with Crippen LogP contribution in [0, 0.1) is 34.1 Å². The Morgan fingerprint density at radius 2 is 1.24 bits per heavy atom. The van der Waals surface area contributed by atoms with Crippen LogP contribution in [-0.2, 0) is 0 Å². The number of benzene rings is 3. The SMILES string of the molecule is Cc1ccc(C(=O)Oc2ccc(OC(=O)c3ccc(C)c([N+](=O)[O-])c3)c(Br)c2)cc1[N+](=O)[O-]. The monoisotopic (exact) mass is 514 g/mol. The number of halogens is 1. The Hall–Kier alpha value is -4.12. The van der Waals surface area contributed by atoms with Gasteiger partial charge in [0, 0.05) is 23.3 Å². The summed E-state index contributed by atoms with van der Waals surface area (Å²) in [5, 5.41) is 22.1. The molecule has 0 bridgehead atoms. The van der Waals surface area contributed by atoms with E-state index < -0.39 is 21.8 Å². The van der Waals surface area contributed by atoms with Crippen molar-refractivity contribution < 1.29 is 28.9 Å². The second-order valence-corrected chi connectivity index (χ2v) is 7.74. The number of nitro benzene ring substituents is 2. The molecule has 0 spiro atoms. The van der Waals surface area contributed by atoms with Crippen LogP contribution in [0.3, 0.4) is 0 Å². The molecule has 0 aliphatic carbocycles. The molecule has 0 aromatic heterocycles. The molecule has 0 amide bonds. The molecule has 0 saturated carbocycles. The molecule has 3 rings (SSSR count). The Morgan fingerprint density at radius 3 is 1.70 bits per heavy atom. The second kappa shape index (κ2) is 9.57. The van der Waals surface area contributed by atoms with Crippen molar-refractivity contribution in [2.45, 2.75) is 13.8 Å². The Labute approximate surface area is 195 Å². The number of rotatable bonds is 6. The van der Waals surface area contributed by atoms with Crippen LogP contribution < -0.4 is 9.47 Å². The van der Waals surface area contributed by atoms with Crippen molar-refractivity contribution in [1.82, 2.24) is 0 Å². The Balaban J connectivity index is 1.75. The number of nitro groups is 2. The van der Waals surface area contributed by atoms with Gasteiger partial charge in [0.2, 0.25) is 0 Å². The lowest BCUT2D eigenvalue weighted by molar-refractivity contribution is -0.385. The summed E-state index contributed by atoms with van der Waals surface area (Å²) in [7, 11) is 0. The first-order chi connectivity index (χ1) is 15.6. The van der Waals surface area contributed by atoms with E-state index >= 15 is 0 Å². The van der Waals surface area contributed by atoms with Crippen molar-refractivity contribution in [3.63, 3.8) is 0 Å². The highest BCUT2D eigenvalue weighted by molar-refractivity contribution is 9.10. The maximum atomic E-state index is 12.4. The smallest absolute Gasteiger partial charge is 0.343 e. The Kier molecular flexibility index (Phi) is 6.83. The normalized spacial score (nSPS) is 10.4. The number of nitrogens with zero attached hydrogens (tertiary/aromatic N) is 2. The molecule has 0 heterocycles. The molecule has 0 unspecified atom stereocenters. The van der Waals surface area contributed by atoms with Gasteiger partial charge in [-0.25, -0.2) is 9.59 Å². The number of carbonyl (C=O) groups is 2. The molecule has 11 heteroatoms. The summed E-state index contributed by atoms with van der Waals surface area (Å²) >= 11 is 3.22. The van der Waals surface area contributed by atoms with E-state index in [1.54, 1.807) is 13.8 Å². The summed E-state index contributed by atoms with van der Waals surface area (Å²) in [6, 6.07) is 12.1. The van der Waals surface area contributed by atoms with Gasteiger partial charge in [0.05, 0.1) is 25.4 Å². The molecule has 0 N–H and O–H groups in total. The zero-order chi connectivity index (χ0) is 24.3. The number of hydrogen-bond acceptors (Lipinski definition) is 8. The van der Waals surface area contributed by atoms with Crippen molar-refractivity contribution in [3.05, 3.63) is 102 Å². The first kappa shape index (κ1) is 23.5. The largest absolute Gasteiger partial charge is 0.423 e. The molecule has 10 nitrogen and oxygen atoms in total. The van der Waals surface area contributed by atoms with E-state index in [2.05, 4.69) is 15.9 Å². The standard InChI is InChI=1S/C22H15BrN2O8/c1-12-3-5-14(9-18(12)24(28)29)21(26)32-16-7-8-20(17(23)11-16)33-22(27)15-6-4-13(2)19(10-15)25(30)31/h3-11H,1-2H3. The molecular weight excluding hydrogens is 500 g/mol. The minimum atomic E-state index is -0.810. The van der Waals surface area contributed by atoms with Gasteiger partial charge in [0.25, 0.3) is 11.4 Å². The van der Waals surface area contributed by atoms with E-state index in [0.717, 1.165) is 12.1 Å². The third-order valence-electron chi connectivity index (χ3n) is 4.60. The van der Waals surface area contributed by atoms with Gasteiger partial charge < -0.3 is 9.47 Å². The zero-order valence-electron chi connectivity index (χ0n) is 17.2. The predicted molar refractivity (Wildman–Crippen MR) is 120 cm³/mol. The molecule has 0 atom stereocenters. The average Bonchev–Trinajstić information content (AvgIpc) is 2.75. The molecular formula is C22H15BrN2O8. The van der Waals surface area contributed by atoms with Crippen molar-refractivity contribution in [3.8, 4) is 11.5 Å². The van der Waals surface area contributed by atoms with E-state index in [4.69, 9.17) is 9.47 Å². The number of esters is 2. The van der Waals surface area contributed by atoms with Gasteiger partial charge in [-0.2, -0.15) is 0 Å². The van der Waals surface area contributed by atoms with E-state index in [0.29, 0.717) is 11.1 Å². The van der Waals surface area contributed by atoms with E-state index in [1.165, 1.54) is 42.5 Å². The van der Waals surface area contributed by atoms with Gasteiger partial charge >= 0.3 is 11.9 Å². The molecule has 3 aromatic carbocycles. The molecule has 0 aliphatic heterocycles. The molecule has 0 saturated heterocycles. The van der Waals surface area contributed by atoms with Crippen LogP contribution >= 0.6 is 15.9 Å². The Morgan fingerprint density at radius 1 is 0.758 bits per heavy atom. The van der Waals surface area contributed by atoms with Crippen LogP contribution in [0.1, 0.15) is 31.8 Å². The highest BCUT2D eigenvalue weighted by atomic mass is 79.9. The third kappa shape index (κ3) is 5.39. The highest BCUT2D eigenvalue weighted by Crippen LogP contribution is 2.31. The average molecular weight is 515 g/mol. The van der Waals surface area contributed by atoms with Crippen LogP contribution in [-0.4, -0.2) is 21.8 Å². The fraction of sp³-hybridized carbons (Fsp3) is 0.0909. The van der Waals surface area contributed by atoms with Crippen LogP contribution in [0.5, 0.6) is 11.5 Å².